The molecule has 2 heteroatoms. The van der Waals surface area contributed by atoms with Gasteiger partial charge in [-0.3, -0.25) is 0 Å². The molecular weight excluding hydrogens is 152 g/mol. The van der Waals surface area contributed by atoms with Gasteiger partial charge in [0.05, 0.1) is 0 Å². The predicted molar refractivity (Wildman–Crippen MR) is 49.7 cm³/mol. The van der Waals surface area contributed by atoms with Gasteiger partial charge in [-0.15, -0.1) is 13.2 Å². The summed E-state index contributed by atoms with van der Waals surface area (Å²) in [5.74, 6) is -0.399. The highest BCUT2D eigenvalue weighted by Crippen LogP contribution is 2.05. The number of hydrogen-bond acceptors (Lipinski definition) is 2. The Hall–Kier alpha value is -1.31. The molecule has 0 fully saturated rings. The van der Waals surface area contributed by atoms with E-state index < -0.39 is 5.97 Å². The van der Waals surface area contributed by atoms with Crippen LogP contribution in [0.15, 0.2) is 38.0 Å². The van der Waals surface area contributed by atoms with E-state index in [2.05, 4.69) is 19.7 Å². The van der Waals surface area contributed by atoms with Crippen LogP contribution in [-0.4, -0.2) is 12.1 Å². The summed E-state index contributed by atoms with van der Waals surface area (Å²) >= 11 is 0. The minimum Gasteiger partial charge on any atom is -0.459 e. The largest absolute Gasteiger partial charge is 0.459 e. The Morgan fingerprint density at radius 2 is 1.75 bits per heavy atom. The highest BCUT2D eigenvalue weighted by Gasteiger charge is 2.07. The van der Waals surface area contributed by atoms with Crippen LogP contribution in [0.1, 0.15) is 12.8 Å². The van der Waals surface area contributed by atoms with Crippen molar-refractivity contribution in [2.75, 3.05) is 0 Å². The zero-order valence-electron chi connectivity index (χ0n) is 7.16. The number of ether oxygens (including phenoxy) is 1. The highest BCUT2D eigenvalue weighted by molar-refractivity contribution is 5.81. The number of hydrogen-bond donors (Lipinski definition) is 0. The molecule has 0 saturated carbocycles. The lowest BCUT2D eigenvalue weighted by atomic mass is 10.2. The van der Waals surface area contributed by atoms with Crippen molar-refractivity contribution < 1.29 is 9.53 Å². The van der Waals surface area contributed by atoms with Gasteiger partial charge in [0.2, 0.25) is 0 Å². The fourth-order valence-electron chi connectivity index (χ4n) is 0.777. The van der Waals surface area contributed by atoms with E-state index >= 15 is 0 Å². The molecule has 0 aromatic heterocycles. The first kappa shape index (κ1) is 10.7. The summed E-state index contributed by atoms with van der Waals surface area (Å²) in [6.45, 7) is 10.4. The smallest absolute Gasteiger partial charge is 0.330 e. The van der Waals surface area contributed by atoms with Crippen LogP contribution < -0.4 is 0 Å². The maximum Gasteiger partial charge on any atom is 0.330 e. The maximum atomic E-state index is 10.8. The lowest BCUT2D eigenvalue weighted by Crippen LogP contribution is -2.14. The number of esters is 1. The van der Waals surface area contributed by atoms with Gasteiger partial charge in [0.1, 0.15) is 6.10 Å². The SMILES string of the molecule is C=CCC(CC=C)OC(=O)C=C. The van der Waals surface area contributed by atoms with E-state index in [1.807, 2.05) is 0 Å². The third-order valence-corrected chi connectivity index (χ3v) is 1.31. The van der Waals surface area contributed by atoms with Crippen LogP contribution >= 0.6 is 0 Å². The molecule has 0 N–H and O–H groups in total. The molecule has 66 valence electrons. The molecular formula is C10H14O2. The van der Waals surface area contributed by atoms with Crippen molar-refractivity contribution in [3.63, 3.8) is 0 Å². The van der Waals surface area contributed by atoms with Gasteiger partial charge in [0, 0.05) is 18.9 Å². The normalized spacial score (nSPS) is 9.08. The molecule has 0 heterocycles. The van der Waals surface area contributed by atoms with E-state index in [0.717, 1.165) is 6.08 Å². The van der Waals surface area contributed by atoms with Crippen molar-refractivity contribution >= 4 is 5.97 Å². The van der Waals surface area contributed by atoms with Gasteiger partial charge in [-0.2, -0.15) is 0 Å². The predicted octanol–water partition coefficient (Wildman–Crippen LogP) is 2.24. The summed E-state index contributed by atoms with van der Waals surface area (Å²) in [5.41, 5.74) is 0. The van der Waals surface area contributed by atoms with E-state index in [0.29, 0.717) is 12.8 Å². The standard InChI is InChI=1S/C10H14O2/c1-4-7-9(8-5-2)12-10(11)6-3/h4-6,9H,1-3,7-8H2. The molecule has 12 heavy (non-hydrogen) atoms. The topological polar surface area (TPSA) is 26.3 Å². The zero-order chi connectivity index (χ0) is 9.40. The molecule has 0 aromatic carbocycles. The molecule has 0 saturated heterocycles. The average Bonchev–Trinajstić information content (AvgIpc) is 2.05. The second kappa shape index (κ2) is 6.40. The summed E-state index contributed by atoms with van der Waals surface area (Å²) in [7, 11) is 0. The first-order valence-corrected chi connectivity index (χ1v) is 3.79. The molecule has 0 aliphatic heterocycles. The fourth-order valence-corrected chi connectivity index (χ4v) is 0.777. The van der Waals surface area contributed by atoms with Crippen LogP contribution in [0.2, 0.25) is 0 Å². The van der Waals surface area contributed by atoms with Crippen LogP contribution in [0.4, 0.5) is 0 Å². The Kier molecular flexibility index (Phi) is 5.70. The number of rotatable bonds is 6. The Labute approximate surface area is 73.2 Å². The Bertz CT molecular complexity index is 172. The van der Waals surface area contributed by atoms with E-state index in [-0.39, 0.29) is 6.10 Å². The van der Waals surface area contributed by atoms with Gasteiger partial charge in [0.15, 0.2) is 0 Å². The van der Waals surface area contributed by atoms with Crippen LogP contribution in [0.5, 0.6) is 0 Å². The molecule has 0 aliphatic rings. The lowest BCUT2D eigenvalue weighted by Gasteiger charge is -2.12. The Morgan fingerprint density at radius 1 is 1.25 bits per heavy atom. The second-order valence-electron chi connectivity index (χ2n) is 2.31. The van der Waals surface area contributed by atoms with Crippen molar-refractivity contribution in [1.29, 1.82) is 0 Å². The van der Waals surface area contributed by atoms with E-state index in [1.165, 1.54) is 0 Å². The van der Waals surface area contributed by atoms with Gasteiger partial charge < -0.3 is 4.74 Å². The summed E-state index contributed by atoms with van der Waals surface area (Å²) in [4.78, 5) is 10.8. The maximum absolute atomic E-state index is 10.8. The van der Waals surface area contributed by atoms with Crippen LogP contribution in [-0.2, 0) is 9.53 Å². The summed E-state index contributed by atoms with van der Waals surface area (Å²) in [5, 5.41) is 0. The molecule has 0 radical (unpaired) electrons. The average molecular weight is 166 g/mol. The van der Waals surface area contributed by atoms with Crippen LogP contribution in [0.25, 0.3) is 0 Å². The summed E-state index contributed by atoms with van der Waals surface area (Å²) < 4.78 is 4.98. The molecule has 0 rings (SSSR count). The molecule has 0 unspecified atom stereocenters. The first-order chi connectivity index (χ1) is 5.74. The second-order valence-corrected chi connectivity index (χ2v) is 2.31. The Balaban J connectivity index is 3.91. The summed E-state index contributed by atoms with van der Waals surface area (Å²) in [6, 6.07) is 0. The van der Waals surface area contributed by atoms with Crippen LogP contribution in [0.3, 0.4) is 0 Å². The van der Waals surface area contributed by atoms with Gasteiger partial charge in [0.25, 0.3) is 0 Å². The molecule has 0 amide bonds. The molecule has 0 bridgehead atoms. The first-order valence-electron chi connectivity index (χ1n) is 3.79. The quantitative estimate of drug-likeness (QED) is 0.343. The number of carbonyl (C=O) groups is 1. The van der Waals surface area contributed by atoms with Gasteiger partial charge in [-0.25, -0.2) is 4.79 Å². The lowest BCUT2D eigenvalue weighted by molar-refractivity contribution is -0.142. The zero-order valence-corrected chi connectivity index (χ0v) is 7.16. The van der Waals surface area contributed by atoms with Crippen molar-refractivity contribution in [3.8, 4) is 0 Å². The van der Waals surface area contributed by atoms with Crippen molar-refractivity contribution in [2.45, 2.75) is 18.9 Å². The van der Waals surface area contributed by atoms with Crippen LogP contribution in [0, 0.1) is 0 Å². The van der Waals surface area contributed by atoms with E-state index in [1.54, 1.807) is 12.2 Å². The third kappa shape index (κ3) is 4.50. The molecule has 0 spiro atoms. The van der Waals surface area contributed by atoms with E-state index in [9.17, 15) is 4.79 Å². The van der Waals surface area contributed by atoms with Gasteiger partial charge >= 0.3 is 5.97 Å². The molecule has 0 atom stereocenters. The van der Waals surface area contributed by atoms with Crippen molar-refractivity contribution in [1.82, 2.24) is 0 Å². The monoisotopic (exact) mass is 166 g/mol. The van der Waals surface area contributed by atoms with Gasteiger partial charge in [-0.1, -0.05) is 18.7 Å². The number of carbonyl (C=O) groups excluding carboxylic acids is 1. The minimum atomic E-state index is -0.399. The Morgan fingerprint density at radius 3 is 2.08 bits per heavy atom. The molecule has 2 nitrogen and oxygen atoms in total. The molecule has 0 aliphatic carbocycles. The third-order valence-electron chi connectivity index (χ3n) is 1.31. The molecule has 0 aromatic rings. The van der Waals surface area contributed by atoms with Crippen molar-refractivity contribution in [2.24, 2.45) is 0 Å². The summed E-state index contributed by atoms with van der Waals surface area (Å²) in [6.07, 6.45) is 5.72. The minimum absolute atomic E-state index is 0.148. The van der Waals surface area contributed by atoms with Gasteiger partial charge in [-0.05, 0) is 0 Å². The highest BCUT2D eigenvalue weighted by atomic mass is 16.5. The van der Waals surface area contributed by atoms with Crippen molar-refractivity contribution in [3.05, 3.63) is 38.0 Å². The fraction of sp³-hybridized carbons (Fsp3) is 0.300. The van der Waals surface area contributed by atoms with E-state index in [4.69, 9.17) is 4.74 Å².